The Morgan fingerprint density at radius 1 is 1.23 bits per heavy atom. The third kappa shape index (κ3) is 5.76. The Labute approximate surface area is 195 Å². The Hall–Kier alpha value is -2.15. The Kier molecular flexibility index (Phi) is 7.10. The van der Waals surface area contributed by atoms with E-state index in [0.29, 0.717) is 17.5 Å². The van der Waals surface area contributed by atoms with Crippen LogP contribution in [0.4, 0.5) is 0 Å². The summed E-state index contributed by atoms with van der Waals surface area (Å²) in [6, 6.07) is 15.5. The van der Waals surface area contributed by atoms with Crippen LogP contribution in [-0.2, 0) is 17.9 Å². The van der Waals surface area contributed by atoms with Crippen molar-refractivity contribution in [3.05, 3.63) is 75.0 Å². The molecule has 1 amide bonds. The minimum Gasteiger partial charge on any atom is -0.441 e. The molecule has 0 bridgehead atoms. The summed E-state index contributed by atoms with van der Waals surface area (Å²) in [5.74, 6) is 1.67. The molecule has 0 unspecified atom stereocenters. The number of carbonyl (C=O) groups excluding carboxylic acids is 1. The van der Waals surface area contributed by atoms with Crippen molar-refractivity contribution in [3.8, 4) is 11.5 Å². The molecule has 1 saturated heterocycles. The summed E-state index contributed by atoms with van der Waals surface area (Å²) >= 11 is 9.41. The Morgan fingerprint density at radius 2 is 1.97 bits per heavy atom. The van der Waals surface area contributed by atoms with E-state index >= 15 is 0 Å². The van der Waals surface area contributed by atoms with Crippen LogP contribution in [0.5, 0.6) is 0 Å². The van der Waals surface area contributed by atoms with Crippen LogP contribution in [0.2, 0.25) is 5.02 Å². The van der Waals surface area contributed by atoms with Crippen molar-refractivity contribution in [1.82, 2.24) is 15.2 Å². The minimum absolute atomic E-state index is 0.0548. The number of nitrogens with zero attached hydrogens (tertiary/aromatic N) is 2. The van der Waals surface area contributed by atoms with Crippen LogP contribution < -0.4 is 5.32 Å². The SMILES string of the molecule is Cc1oc(-c2cccc(Br)c2)nc1CN1CCC(C(=O)NCc2ccc(Cl)cc2)CC1. The number of aryl methyl sites for hydroxylation is 1. The largest absolute Gasteiger partial charge is 0.441 e. The first-order chi connectivity index (χ1) is 15.0. The molecule has 7 heteroatoms. The summed E-state index contributed by atoms with van der Waals surface area (Å²) in [6.07, 6.45) is 1.70. The van der Waals surface area contributed by atoms with Gasteiger partial charge in [-0.3, -0.25) is 9.69 Å². The number of piperidine rings is 1. The number of carbonyl (C=O) groups is 1. The molecule has 1 fully saturated rings. The van der Waals surface area contributed by atoms with Crippen molar-refractivity contribution < 1.29 is 9.21 Å². The molecule has 1 N–H and O–H groups in total. The van der Waals surface area contributed by atoms with Gasteiger partial charge in [0.1, 0.15) is 5.76 Å². The zero-order chi connectivity index (χ0) is 21.8. The molecule has 5 nitrogen and oxygen atoms in total. The van der Waals surface area contributed by atoms with Gasteiger partial charge in [0, 0.05) is 34.1 Å². The molecular weight excluding hydrogens is 478 g/mol. The third-order valence-electron chi connectivity index (χ3n) is 5.68. The first-order valence-electron chi connectivity index (χ1n) is 10.4. The van der Waals surface area contributed by atoms with Crippen molar-refractivity contribution in [1.29, 1.82) is 0 Å². The molecule has 1 aromatic heterocycles. The summed E-state index contributed by atoms with van der Waals surface area (Å²) in [4.78, 5) is 19.6. The van der Waals surface area contributed by atoms with Crippen LogP contribution in [0.3, 0.4) is 0 Å². The molecule has 0 radical (unpaired) electrons. The van der Waals surface area contributed by atoms with E-state index in [1.165, 1.54) is 0 Å². The lowest BCUT2D eigenvalue weighted by Crippen LogP contribution is -2.40. The topological polar surface area (TPSA) is 58.4 Å². The van der Waals surface area contributed by atoms with Gasteiger partial charge in [-0.15, -0.1) is 0 Å². The van der Waals surface area contributed by atoms with Crippen molar-refractivity contribution in [2.24, 2.45) is 5.92 Å². The first-order valence-corrected chi connectivity index (χ1v) is 11.6. The van der Waals surface area contributed by atoms with E-state index in [1.54, 1.807) is 0 Å². The summed E-state index contributed by atoms with van der Waals surface area (Å²) in [7, 11) is 0. The molecule has 1 aliphatic rings. The first kappa shape index (κ1) is 22.1. The van der Waals surface area contributed by atoms with Gasteiger partial charge in [0.05, 0.1) is 5.69 Å². The fourth-order valence-electron chi connectivity index (χ4n) is 3.82. The van der Waals surface area contributed by atoms with Crippen molar-refractivity contribution in [2.45, 2.75) is 32.9 Å². The van der Waals surface area contributed by atoms with Crippen LogP contribution in [-0.4, -0.2) is 28.9 Å². The minimum atomic E-state index is 0.0548. The van der Waals surface area contributed by atoms with Crippen LogP contribution in [0.1, 0.15) is 29.9 Å². The monoisotopic (exact) mass is 501 g/mol. The summed E-state index contributed by atoms with van der Waals surface area (Å²) in [5.41, 5.74) is 2.97. The van der Waals surface area contributed by atoms with Gasteiger partial charge in [0.2, 0.25) is 11.8 Å². The second kappa shape index (κ2) is 9.98. The van der Waals surface area contributed by atoms with E-state index < -0.39 is 0 Å². The molecule has 0 atom stereocenters. The molecule has 0 saturated carbocycles. The van der Waals surface area contributed by atoms with Crippen LogP contribution in [0, 0.1) is 12.8 Å². The van der Waals surface area contributed by atoms with E-state index in [9.17, 15) is 4.79 Å². The van der Waals surface area contributed by atoms with Crippen LogP contribution in [0.25, 0.3) is 11.5 Å². The lowest BCUT2D eigenvalue weighted by Gasteiger charge is -2.30. The second-order valence-corrected chi connectivity index (χ2v) is 9.28. The van der Waals surface area contributed by atoms with Crippen LogP contribution >= 0.6 is 27.5 Å². The Balaban J connectivity index is 1.28. The maximum absolute atomic E-state index is 12.6. The smallest absolute Gasteiger partial charge is 0.226 e. The lowest BCUT2D eigenvalue weighted by molar-refractivity contribution is -0.126. The zero-order valence-corrected chi connectivity index (χ0v) is 19.7. The second-order valence-electron chi connectivity index (χ2n) is 7.93. The van der Waals surface area contributed by atoms with Gasteiger partial charge in [0.15, 0.2) is 0 Å². The van der Waals surface area contributed by atoms with E-state index in [-0.39, 0.29) is 11.8 Å². The number of rotatable bonds is 6. The number of amides is 1. The molecule has 1 aliphatic heterocycles. The molecule has 2 heterocycles. The number of halogens is 2. The van der Waals surface area contributed by atoms with Gasteiger partial charge in [-0.05, 0) is 68.8 Å². The van der Waals surface area contributed by atoms with Gasteiger partial charge < -0.3 is 9.73 Å². The molecule has 31 heavy (non-hydrogen) atoms. The third-order valence-corrected chi connectivity index (χ3v) is 6.42. The highest BCUT2D eigenvalue weighted by Gasteiger charge is 2.26. The average molecular weight is 503 g/mol. The van der Waals surface area contributed by atoms with E-state index in [2.05, 4.69) is 26.1 Å². The molecule has 2 aromatic carbocycles. The Bertz CT molecular complexity index is 1040. The maximum atomic E-state index is 12.6. The highest BCUT2D eigenvalue weighted by atomic mass is 79.9. The van der Waals surface area contributed by atoms with Gasteiger partial charge in [0.25, 0.3) is 0 Å². The van der Waals surface area contributed by atoms with Crippen molar-refractivity contribution in [3.63, 3.8) is 0 Å². The van der Waals surface area contributed by atoms with Gasteiger partial charge in [-0.1, -0.05) is 45.7 Å². The predicted octanol–water partition coefficient (Wildman–Crippen LogP) is 5.59. The van der Waals surface area contributed by atoms with E-state index in [1.807, 2.05) is 55.5 Å². The number of likely N-dealkylation sites (tertiary alicyclic amines) is 1. The highest BCUT2D eigenvalue weighted by molar-refractivity contribution is 9.10. The number of oxazole rings is 1. The zero-order valence-electron chi connectivity index (χ0n) is 17.4. The maximum Gasteiger partial charge on any atom is 0.226 e. The number of nitrogens with one attached hydrogen (secondary N) is 1. The highest BCUT2D eigenvalue weighted by Crippen LogP contribution is 2.26. The Morgan fingerprint density at radius 3 is 2.68 bits per heavy atom. The average Bonchev–Trinajstić information content (AvgIpc) is 3.14. The molecule has 4 rings (SSSR count). The molecule has 0 spiro atoms. The predicted molar refractivity (Wildman–Crippen MR) is 126 cm³/mol. The van der Waals surface area contributed by atoms with Crippen LogP contribution in [0.15, 0.2) is 57.4 Å². The standard InChI is InChI=1S/C24H25BrClN3O2/c1-16-22(28-24(31-16)19-3-2-4-20(25)13-19)15-29-11-9-18(10-12-29)23(30)27-14-17-5-7-21(26)8-6-17/h2-8,13,18H,9-12,14-15H2,1H3,(H,27,30). The van der Waals surface area contributed by atoms with Crippen molar-refractivity contribution in [2.75, 3.05) is 13.1 Å². The van der Waals surface area contributed by atoms with Gasteiger partial charge in [-0.2, -0.15) is 0 Å². The fourth-order valence-corrected chi connectivity index (χ4v) is 4.35. The summed E-state index contributed by atoms with van der Waals surface area (Å²) < 4.78 is 6.91. The quantitative estimate of drug-likeness (QED) is 0.477. The summed E-state index contributed by atoms with van der Waals surface area (Å²) in [5, 5.41) is 3.76. The number of hydrogen-bond acceptors (Lipinski definition) is 4. The molecular formula is C24H25BrClN3O2. The molecule has 0 aliphatic carbocycles. The molecule has 162 valence electrons. The van der Waals surface area contributed by atoms with Gasteiger partial charge >= 0.3 is 0 Å². The summed E-state index contributed by atoms with van der Waals surface area (Å²) in [6.45, 7) is 4.98. The number of benzene rings is 2. The lowest BCUT2D eigenvalue weighted by atomic mass is 9.95. The van der Waals surface area contributed by atoms with E-state index in [4.69, 9.17) is 21.0 Å². The fraction of sp³-hybridized carbons (Fsp3) is 0.333. The van der Waals surface area contributed by atoms with E-state index in [0.717, 1.165) is 59.5 Å². The number of aromatic nitrogens is 1. The normalized spacial score (nSPS) is 15.2. The number of hydrogen-bond donors (Lipinski definition) is 1. The van der Waals surface area contributed by atoms with Crippen molar-refractivity contribution >= 4 is 33.4 Å². The van der Waals surface area contributed by atoms with Gasteiger partial charge in [-0.25, -0.2) is 4.98 Å². The molecule has 3 aromatic rings.